The molecule has 2 aromatic rings. The van der Waals surface area contributed by atoms with Crippen LogP contribution in [0.1, 0.15) is 62.1 Å². The highest BCUT2D eigenvalue weighted by Gasteiger charge is 2.27. The number of aliphatic hydroxyl groups excluding tert-OH is 1. The molecule has 0 aromatic heterocycles. The monoisotopic (exact) mass is 443 g/mol. The molecule has 0 aliphatic heterocycles. The normalized spacial score (nSPS) is 15.5. The minimum atomic E-state index is -0.0544. The lowest BCUT2D eigenvalue weighted by Crippen LogP contribution is -2.42. The molecule has 31 heavy (non-hydrogen) atoms. The first kappa shape index (κ1) is 23.6. The van der Waals surface area contributed by atoms with E-state index >= 15 is 0 Å². The molecule has 1 unspecified atom stereocenters. The van der Waals surface area contributed by atoms with E-state index in [0.29, 0.717) is 29.8 Å². The van der Waals surface area contributed by atoms with Crippen LogP contribution in [0, 0.1) is 5.92 Å². The van der Waals surface area contributed by atoms with Crippen LogP contribution in [-0.4, -0.2) is 29.0 Å². The Balaban J connectivity index is 1.59. The van der Waals surface area contributed by atoms with Crippen LogP contribution in [-0.2, 0) is 24.4 Å². The van der Waals surface area contributed by atoms with E-state index in [9.17, 15) is 4.79 Å². The number of carbonyl (C=O) groups is 1. The summed E-state index contributed by atoms with van der Waals surface area (Å²) in [7, 11) is 1.96. The van der Waals surface area contributed by atoms with E-state index in [0.717, 1.165) is 36.0 Å². The van der Waals surface area contributed by atoms with E-state index in [4.69, 9.17) is 21.4 Å². The predicted octanol–water partition coefficient (Wildman–Crippen LogP) is 5.77. The average Bonchev–Trinajstić information content (AvgIpc) is 2.82. The van der Waals surface area contributed by atoms with E-state index < -0.39 is 0 Å². The second-order valence-electron chi connectivity index (χ2n) is 8.57. The molecule has 3 rings (SSSR count). The molecule has 1 amide bonds. The molecule has 1 fully saturated rings. The first-order chi connectivity index (χ1) is 15.0. The van der Waals surface area contributed by atoms with Crippen LogP contribution in [0.25, 0.3) is 0 Å². The summed E-state index contributed by atoms with van der Waals surface area (Å²) in [6.07, 6.45) is 7.41. The Bertz CT molecular complexity index is 846. The number of amides is 1. The number of carbonyl (C=O) groups excluding carboxylic acids is 1. The molecular formula is C26H34ClNO3. The fraction of sp³-hybridized carbons (Fsp3) is 0.500. The van der Waals surface area contributed by atoms with Gasteiger partial charge in [-0.2, -0.15) is 0 Å². The third kappa shape index (κ3) is 6.47. The smallest absolute Gasteiger partial charge is 0.225 e. The summed E-state index contributed by atoms with van der Waals surface area (Å²) in [5.74, 6) is 0.886. The molecular weight excluding hydrogens is 410 g/mol. The Hall–Kier alpha value is -2.04. The number of hydrogen-bond donors (Lipinski definition) is 1. The van der Waals surface area contributed by atoms with E-state index in [-0.39, 0.29) is 18.4 Å². The van der Waals surface area contributed by atoms with Gasteiger partial charge >= 0.3 is 0 Å². The van der Waals surface area contributed by atoms with Crippen molar-refractivity contribution in [2.24, 2.45) is 5.92 Å². The van der Waals surface area contributed by atoms with Crippen LogP contribution in [0.4, 0.5) is 0 Å². The van der Waals surface area contributed by atoms with Crippen LogP contribution in [0.2, 0.25) is 5.02 Å². The van der Waals surface area contributed by atoms with Gasteiger partial charge in [0.05, 0.1) is 6.61 Å². The van der Waals surface area contributed by atoms with Gasteiger partial charge in [-0.05, 0) is 54.5 Å². The van der Waals surface area contributed by atoms with Gasteiger partial charge in [0.1, 0.15) is 12.4 Å². The van der Waals surface area contributed by atoms with Crippen LogP contribution in [0.3, 0.4) is 0 Å². The van der Waals surface area contributed by atoms with Crippen molar-refractivity contribution >= 4 is 17.5 Å². The Morgan fingerprint density at radius 1 is 1.13 bits per heavy atom. The third-order valence-corrected chi connectivity index (χ3v) is 6.77. The molecule has 0 heterocycles. The maximum atomic E-state index is 13.1. The Kier molecular flexibility index (Phi) is 8.79. The molecule has 0 saturated heterocycles. The van der Waals surface area contributed by atoms with Crippen LogP contribution in [0.15, 0.2) is 42.5 Å². The number of aliphatic hydroxyl groups is 1. The Labute approximate surface area is 191 Å². The minimum Gasteiger partial charge on any atom is -0.489 e. The molecule has 1 saturated carbocycles. The van der Waals surface area contributed by atoms with Crippen molar-refractivity contribution in [3.05, 3.63) is 64.2 Å². The SMILES string of the molecule is CCC(Cc1ccc(OCc2ccc(CO)cc2)cc1Cl)C(=O)N(C)C1CCCCC1. The molecule has 4 nitrogen and oxygen atoms in total. The van der Waals surface area contributed by atoms with Gasteiger partial charge in [0.25, 0.3) is 0 Å². The fourth-order valence-corrected chi connectivity index (χ4v) is 4.55. The van der Waals surface area contributed by atoms with Gasteiger partial charge < -0.3 is 14.7 Å². The summed E-state index contributed by atoms with van der Waals surface area (Å²) >= 11 is 6.55. The summed E-state index contributed by atoms with van der Waals surface area (Å²) in [5, 5.41) is 9.77. The first-order valence-electron chi connectivity index (χ1n) is 11.4. The van der Waals surface area contributed by atoms with Gasteiger partial charge in [-0.3, -0.25) is 4.79 Å². The zero-order chi connectivity index (χ0) is 22.2. The van der Waals surface area contributed by atoms with E-state index in [1.165, 1.54) is 19.3 Å². The summed E-state index contributed by atoms with van der Waals surface area (Å²) in [4.78, 5) is 15.1. The Morgan fingerprint density at radius 3 is 2.42 bits per heavy atom. The van der Waals surface area contributed by atoms with Crippen LogP contribution >= 0.6 is 11.6 Å². The lowest BCUT2D eigenvalue weighted by atomic mass is 9.91. The van der Waals surface area contributed by atoms with Gasteiger partial charge in [-0.1, -0.05) is 68.1 Å². The number of hydrogen-bond acceptors (Lipinski definition) is 3. The van der Waals surface area contributed by atoms with E-state index in [1.54, 1.807) is 0 Å². The molecule has 0 bridgehead atoms. The van der Waals surface area contributed by atoms with Crippen molar-refractivity contribution in [1.82, 2.24) is 4.90 Å². The summed E-state index contributed by atoms with van der Waals surface area (Å²) in [6, 6.07) is 13.8. The summed E-state index contributed by atoms with van der Waals surface area (Å²) < 4.78 is 5.88. The molecule has 2 aromatic carbocycles. The van der Waals surface area contributed by atoms with Crippen LogP contribution in [0.5, 0.6) is 5.75 Å². The number of halogens is 1. The average molecular weight is 444 g/mol. The molecule has 5 heteroatoms. The van der Waals surface area contributed by atoms with Gasteiger partial charge in [-0.15, -0.1) is 0 Å². The Morgan fingerprint density at radius 2 is 1.81 bits per heavy atom. The standard InChI is InChI=1S/C26H34ClNO3/c1-3-21(26(30)28(2)23-7-5-4-6-8-23)15-22-13-14-24(16-25(22)27)31-18-20-11-9-19(17-29)10-12-20/h9-14,16,21,23,29H,3-8,15,17-18H2,1-2H3. The zero-order valence-corrected chi connectivity index (χ0v) is 19.4. The number of nitrogens with zero attached hydrogens (tertiary/aromatic N) is 1. The molecule has 0 radical (unpaired) electrons. The molecule has 0 spiro atoms. The molecule has 1 N–H and O–H groups in total. The van der Waals surface area contributed by atoms with Crippen LogP contribution < -0.4 is 4.74 Å². The third-order valence-electron chi connectivity index (χ3n) is 6.41. The summed E-state index contributed by atoms with van der Waals surface area (Å²) in [6.45, 7) is 2.55. The molecule has 1 aliphatic carbocycles. The fourth-order valence-electron chi connectivity index (χ4n) is 4.30. The highest BCUT2D eigenvalue weighted by atomic mass is 35.5. The predicted molar refractivity (Wildman–Crippen MR) is 125 cm³/mol. The van der Waals surface area contributed by atoms with Crippen molar-refractivity contribution in [3.63, 3.8) is 0 Å². The molecule has 168 valence electrons. The van der Waals surface area contributed by atoms with E-state index in [2.05, 4.69) is 6.92 Å². The number of benzene rings is 2. The highest BCUT2D eigenvalue weighted by Crippen LogP contribution is 2.28. The van der Waals surface area contributed by atoms with Gasteiger partial charge in [0, 0.05) is 24.0 Å². The van der Waals surface area contributed by atoms with Gasteiger partial charge in [0.2, 0.25) is 5.91 Å². The second-order valence-corrected chi connectivity index (χ2v) is 8.97. The number of rotatable bonds is 9. The topological polar surface area (TPSA) is 49.8 Å². The maximum absolute atomic E-state index is 13.1. The lowest BCUT2D eigenvalue weighted by molar-refractivity contribution is -0.137. The van der Waals surface area contributed by atoms with Gasteiger partial charge in [-0.25, -0.2) is 0 Å². The number of ether oxygens (including phenoxy) is 1. The molecule has 1 aliphatic rings. The van der Waals surface area contributed by atoms with Crippen molar-refractivity contribution in [3.8, 4) is 5.75 Å². The van der Waals surface area contributed by atoms with Crippen molar-refractivity contribution in [2.75, 3.05) is 7.05 Å². The second kappa shape index (κ2) is 11.5. The van der Waals surface area contributed by atoms with Crippen molar-refractivity contribution in [2.45, 2.75) is 71.1 Å². The first-order valence-corrected chi connectivity index (χ1v) is 11.8. The largest absolute Gasteiger partial charge is 0.489 e. The lowest BCUT2D eigenvalue weighted by Gasteiger charge is -2.33. The highest BCUT2D eigenvalue weighted by molar-refractivity contribution is 6.31. The maximum Gasteiger partial charge on any atom is 0.225 e. The minimum absolute atomic E-state index is 0.0376. The van der Waals surface area contributed by atoms with Crippen molar-refractivity contribution < 1.29 is 14.6 Å². The molecule has 1 atom stereocenters. The van der Waals surface area contributed by atoms with Crippen molar-refractivity contribution in [1.29, 1.82) is 0 Å². The van der Waals surface area contributed by atoms with Gasteiger partial charge in [0.15, 0.2) is 0 Å². The summed E-state index contributed by atoms with van der Waals surface area (Å²) in [5.41, 5.74) is 2.89. The quantitative estimate of drug-likeness (QED) is 0.535. The zero-order valence-electron chi connectivity index (χ0n) is 18.6. The van der Waals surface area contributed by atoms with E-state index in [1.807, 2.05) is 54.4 Å².